The zero-order chi connectivity index (χ0) is 19.9. The number of benzene rings is 1. The second kappa shape index (κ2) is 9.28. The number of rotatable bonds is 9. The molecule has 8 heteroatoms. The maximum atomic E-state index is 8.54. The molecule has 0 fully saturated rings. The summed E-state index contributed by atoms with van der Waals surface area (Å²) in [5.74, 6) is 0.561. The van der Waals surface area contributed by atoms with Gasteiger partial charge < -0.3 is 10.1 Å². The Kier molecular flexibility index (Phi) is 6.10. The van der Waals surface area contributed by atoms with Crippen LogP contribution < -0.4 is 5.32 Å². The first-order valence-corrected chi connectivity index (χ1v) is 10.3. The lowest BCUT2D eigenvalue weighted by Crippen LogP contribution is -2.07. The molecule has 0 bridgehead atoms. The van der Waals surface area contributed by atoms with E-state index in [2.05, 4.69) is 21.5 Å². The van der Waals surface area contributed by atoms with E-state index in [9.17, 15) is 0 Å². The van der Waals surface area contributed by atoms with Gasteiger partial charge in [0.05, 0.1) is 41.3 Å². The van der Waals surface area contributed by atoms with Crippen LogP contribution in [-0.2, 0) is 11.3 Å². The highest BCUT2D eigenvalue weighted by molar-refractivity contribution is 7.17. The molecule has 29 heavy (non-hydrogen) atoms. The Balaban J connectivity index is 1.51. The number of hydrogen-bond acceptors (Lipinski definition) is 7. The normalized spacial score (nSPS) is 10.9. The quantitative estimate of drug-likeness (QED) is 0.410. The van der Waals surface area contributed by atoms with Gasteiger partial charge in [0.25, 0.3) is 0 Å². The summed E-state index contributed by atoms with van der Waals surface area (Å²) in [6.07, 6.45) is 5.08. The van der Waals surface area contributed by atoms with Crippen LogP contribution in [0.15, 0.2) is 54.2 Å². The van der Waals surface area contributed by atoms with Gasteiger partial charge in [-0.25, -0.2) is 9.97 Å². The van der Waals surface area contributed by atoms with Crippen LogP contribution in [0, 0.1) is 11.3 Å². The van der Waals surface area contributed by atoms with Crippen LogP contribution in [0.2, 0.25) is 0 Å². The molecule has 0 unspecified atom stereocenters. The van der Waals surface area contributed by atoms with Crippen LogP contribution in [0.3, 0.4) is 0 Å². The molecule has 0 saturated carbocycles. The van der Waals surface area contributed by atoms with Crippen LogP contribution in [0.5, 0.6) is 0 Å². The van der Waals surface area contributed by atoms with E-state index in [1.165, 1.54) is 0 Å². The van der Waals surface area contributed by atoms with Crippen molar-refractivity contribution in [3.8, 4) is 17.3 Å². The van der Waals surface area contributed by atoms with Crippen LogP contribution in [0.1, 0.15) is 12.8 Å². The third-order valence-corrected chi connectivity index (χ3v) is 5.19. The van der Waals surface area contributed by atoms with E-state index in [1.807, 2.05) is 58.9 Å². The molecule has 1 N–H and O–H groups in total. The topological polar surface area (TPSA) is 88.6 Å². The van der Waals surface area contributed by atoms with Crippen LogP contribution >= 0.6 is 11.3 Å². The second-order valence-corrected chi connectivity index (χ2v) is 7.30. The molecule has 0 atom stereocenters. The fourth-order valence-electron chi connectivity index (χ4n) is 2.89. The van der Waals surface area contributed by atoms with E-state index in [-0.39, 0.29) is 0 Å². The Hall–Kier alpha value is -3.28. The zero-order valence-corrected chi connectivity index (χ0v) is 16.6. The van der Waals surface area contributed by atoms with Gasteiger partial charge in [0.1, 0.15) is 0 Å². The largest absolute Gasteiger partial charge is 0.379 e. The minimum absolute atomic E-state index is 0.524. The maximum absolute atomic E-state index is 8.54. The minimum atomic E-state index is 0.524. The van der Waals surface area contributed by atoms with Gasteiger partial charge in [-0.05, 0) is 30.0 Å². The third kappa shape index (κ3) is 4.77. The van der Waals surface area contributed by atoms with Crippen LogP contribution in [-0.4, -0.2) is 33.0 Å². The number of aromatic nitrogens is 4. The highest BCUT2D eigenvalue weighted by Crippen LogP contribution is 2.31. The highest BCUT2D eigenvalue weighted by atomic mass is 32.1. The molecule has 0 saturated heterocycles. The summed E-state index contributed by atoms with van der Waals surface area (Å²) in [6, 6.07) is 14.0. The van der Waals surface area contributed by atoms with Crippen molar-refractivity contribution in [1.82, 2.24) is 19.7 Å². The number of nitriles is 1. The number of nitrogens with one attached hydrogen (secondary N) is 1. The van der Waals surface area contributed by atoms with Crippen molar-refractivity contribution in [3.05, 3.63) is 54.2 Å². The number of nitrogens with zero attached hydrogens (tertiary/aromatic N) is 5. The molecular weight excluding hydrogens is 384 g/mol. The maximum Gasteiger partial charge on any atom is 0.228 e. The smallest absolute Gasteiger partial charge is 0.228 e. The lowest BCUT2D eigenvalue weighted by Gasteiger charge is -2.07. The number of ether oxygens (including phenoxy) is 1. The van der Waals surface area contributed by atoms with Gasteiger partial charge in [0.15, 0.2) is 0 Å². The summed E-state index contributed by atoms with van der Waals surface area (Å²) in [4.78, 5) is 9.38. The Morgan fingerprint density at radius 3 is 2.90 bits per heavy atom. The van der Waals surface area contributed by atoms with Gasteiger partial charge in [-0.15, -0.1) is 11.3 Å². The van der Waals surface area contributed by atoms with Crippen molar-refractivity contribution in [2.45, 2.75) is 19.4 Å². The van der Waals surface area contributed by atoms with Crippen molar-refractivity contribution in [2.24, 2.45) is 0 Å². The van der Waals surface area contributed by atoms with Gasteiger partial charge in [-0.2, -0.15) is 10.4 Å². The molecule has 0 amide bonds. The van der Waals surface area contributed by atoms with Gasteiger partial charge in [-0.1, -0.05) is 18.2 Å². The van der Waals surface area contributed by atoms with Crippen molar-refractivity contribution in [3.63, 3.8) is 0 Å². The molecule has 0 radical (unpaired) electrons. The predicted molar refractivity (Wildman–Crippen MR) is 114 cm³/mol. The van der Waals surface area contributed by atoms with Gasteiger partial charge >= 0.3 is 0 Å². The highest BCUT2D eigenvalue weighted by Gasteiger charge is 2.13. The van der Waals surface area contributed by atoms with Crippen LogP contribution in [0.25, 0.3) is 21.5 Å². The number of anilines is 2. The average molecular weight is 404 g/mol. The molecule has 4 rings (SSSR count). The molecule has 7 nitrogen and oxygen atoms in total. The van der Waals surface area contributed by atoms with E-state index < -0.39 is 0 Å². The molecule has 3 aromatic heterocycles. The van der Waals surface area contributed by atoms with E-state index in [0.29, 0.717) is 32.1 Å². The van der Waals surface area contributed by atoms with Gasteiger partial charge in [-0.3, -0.25) is 4.68 Å². The number of unbranched alkanes of at least 4 members (excludes halogenated alkanes) is 1. The standard InChI is InChI=1S/C21H20N6OS/c22-9-4-5-11-28-12-10-27-15-16(14-23-27)19-20-18(8-13-29-20)25-21(26-19)24-17-6-2-1-3-7-17/h1-3,6-8,13-15H,4-5,10-12H2,(H,24,25,26). The fraction of sp³-hybridized carbons (Fsp3) is 0.238. The van der Waals surface area contributed by atoms with E-state index in [4.69, 9.17) is 15.0 Å². The monoisotopic (exact) mass is 404 g/mol. The molecule has 1 aromatic carbocycles. The molecule has 4 aromatic rings. The molecule has 146 valence electrons. The molecular formula is C21H20N6OS. The Labute approximate surface area is 172 Å². The molecule has 3 heterocycles. The summed E-state index contributed by atoms with van der Waals surface area (Å²) in [7, 11) is 0. The predicted octanol–water partition coefficient (Wildman–Crippen LogP) is 4.62. The Morgan fingerprint density at radius 1 is 1.14 bits per heavy atom. The first kappa shape index (κ1) is 19.1. The molecule has 0 spiro atoms. The zero-order valence-electron chi connectivity index (χ0n) is 15.8. The Bertz CT molecular complexity index is 1120. The minimum Gasteiger partial charge on any atom is -0.379 e. The lowest BCUT2D eigenvalue weighted by molar-refractivity contribution is 0.122. The number of para-hydroxylation sites is 1. The molecule has 0 aliphatic rings. The van der Waals surface area contributed by atoms with E-state index in [1.54, 1.807) is 11.3 Å². The fourth-order valence-corrected chi connectivity index (χ4v) is 3.73. The molecule has 0 aliphatic heterocycles. The summed E-state index contributed by atoms with van der Waals surface area (Å²) < 4.78 is 8.44. The molecule has 0 aliphatic carbocycles. The average Bonchev–Trinajstić information content (AvgIpc) is 3.40. The van der Waals surface area contributed by atoms with Crippen LogP contribution in [0.4, 0.5) is 11.6 Å². The first-order chi connectivity index (χ1) is 14.3. The SMILES string of the molecule is N#CCCCOCCn1cc(-c2nc(Nc3ccccc3)nc3ccsc23)cn1. The summed E-state index contributed by atoms with van der Waals surface area (Å²) in [5.41, 5.74) is 3.66. The van der Waals surface area contributed by atoms with Crippen molar-refractivity contribution in [1.29, 1.82) is 5.26 Å². The summed E-state index contributed by atoms with van der Waals surface area (Å²) >= 11 is 1.62. The van der Waals surface area contributed by atoms with Gasteiger partial charge in [0, 0.05) is 30.5 Å². The van der Waals surface area contributed by atoms with E-state index in [0.717, 1.165) is 33.6 Å². The first-order valence-electron chi connectivity index (χ1n) is 9.38. The van der Waals surface area contributed by atoms with Crippen molar-refractivity contribution >= 4 is 33.2 Å². The Morgan fingerprint density at radius 2 is 2.03 bits per heavy atom. The number of hydrogen-bond donors (Lipinski definition) is 1. The second-order valence-electron chi connectivity index (χ2n) is 6.39. The van der Waals surface area contributed by atoms with E-state index >= 15 is 0 Å². The number of fused-ring (bicyclic) bond motifs is 1. The van der Waals surface area contributed by atoms with Crippen molar-refractivity contribution < 1.29 is 4.74 Å². The third-order valence-electron chi connectivity index (χ3n) is 4.28. The summed E-state index contributed by atoms with van der Waals surface area (Å²) in [6.45, 7) is 1.81. The lowest BCUT2D eigenvalue weighted by atomic mass is 10.2. The number of thiophene rings is 1. The summed E-state index contributed by atoms with van der Waals surface area (Å²) in [5, 5.41) is 18.3. The van der Waals surface area contributed by atoms with Gasteiger partial charge in [0.2, 0.25) is 5.95 Å². The van der Waals surface area contributed by atoms with Crippen molar-refractivity contribution in [2.75, 3.05) is 18.5 Å².